The molecule has 0 N–H and O–H groups in total. The van der Waals surface area contributed by atoms with E-state index in [1.54, 1.807) is 11.3 Å². The van der Waals surface area contributed by atoms with Crippen LogP contribution in [0.3, 0.4) is 0 Å². The fraction of sp³-hybridized carbons (Fsp3) is 0. The highest BCUT2D eigenvalue weighted by molar-refractivity contribution is 7.08. The van der Waals surface area contributed by atoms with Gasteiger partial charge in [0, 0.05) is 5.38 Å². The Hall–Kier alpha value is -0.895. The molecule has 0 spiro atoms. The molecule has 1 heterocycles. The van der Waals surface area contributed by atoms with Crippen LogP contribution in [0.2, 0.25) is 0 Å². The van der Waals surface area contributed by atoms with E-state index in [4.69, 9.17) is 4.65 Å². The van der Waals surface area contributed by atoms with Crippen LogP contribution in [-0.2, 0) is 4.65 Å². The lowest BCUT2D eigenvalue weighted by Crippen LogP contribution is -2.02. The van der Waals surface area contributed by atoms with E-state index in [9.17, 15) is 0 Å². The molecule has 0 unspecified atom stereocenters. The van der Waals surface area contributed by atoms with Gasteiger partial charge in [-0.1, -0.05) is 6.58 Å². The summed E-state index contributed by atoms with van der Waals surface area (Å²) in [5.41, 5.74) is 0. The number of thiophene rings is 1. The van der Waals surface area contributed by atoms with E-state index in [0.29, 0.717) is 0 Å². The zero-order valence-electron chi connectivity index (χ0n) is 5.32. The van der Waals surface area contributed by atoms with Gasteiger partial charge in [-0.05, 0) is 11.4 Å². The highest BCUT2D eigenvalue weighted by Crippen LogP contribution is 2.13. The Morgan fingerprint density at radius 3 is 3.20 bits per heavy atom. The molecule has 10 heavy (non-hydrogen) atoms. The Labute approximate surface area is 64.4 Å². The molecule has 0 aromatic carbocycles. The second-order valence-electron chi connectivity index (χ2n) is 1.48. The molecule has 0 aliphatic rings. The van der Waals surface area contributed by atoms with Gasteiger partial charge in [0.25, 0.3) is 0 Å². The second-order valence-corrected chi connectivity index (χ2v) is 2.26. The molecule has 4 heteroatoms. The topological polar surface area (TPSA) is 18.5 Å². The first-order valence-corrected chi connectivity index (χ1v) is 3.64. The SMILES string of the molecule is C=CO[B]Oc1ccsc1. The first kappa shape index (κ1) is 7.21. The fourth-order valence-electron chi connectivity index (χ4n) is 0.442. The van der Waals surface area contributed by atoms with Crippen LogP contribution < -0.4 is 4.65 Å². The van der Waals surface area contributed by atoms with E-state index in [-0.39, 0.29) is 0 Å². The molecule has 0 aliphatic heterocycles. The van der Waals surface area contributed by atoms with Gasteiger partial charge in [-0.25, -0.2) is 0 Å². The van der Waals surface area contributed by atoms with Crippen molar-refractivity contribution in [2.24, 2.45) is 0 Å². The molecular formula is C6H6BO2S. The highest BCUT2D eigenvalue weighted by Gasteiger charge is 1.95. The van der Waals surface area contributed by atoms with Crippen molar-refractivity contribution in [1.29, 1.82) is 0 Å². The predicted molar refractivity (Wildman–Crippen MR) is 42.0 cm³/mol. The summed E-state index contributed by atoms with van der Waals surface area (Å²) < 4.78 is 9.61. The third kappa shape index (κ3) is 2.15. The molecule has 1 radical (unpaired) electrons. The Kier molecular flexibility index (Phi) is 2.89. The normalized spacial score (nSPS) is 8.40. The molecule has 51 valence electrons. The average molecular weight is 153 g/mol. The molecule has 1 aromatic rings. The summed E-state index contributed by atoms with van der Waals surface area (Å²) in [5, 5.41) is 3.81. The molecule has 0 atom stereocenters. The summed E-state index contributed by atoms with van der Waals surface area (Å²) in [6, 6.07) is 1.85. The number of hydrogen-bond acceptors (Lipinski definition) is 3. The first-order valence-electron chi connectivity index (χ1n) is 2.70. The van der Waals surface area contributed by atoms with Crippen molar-refractivity contribution in [3.8, 4) is 5.75 Å². The lowest BCUT2D eigenvalue weighted by atomic mass is 10.4. The molecule has 0 saturated heterocycles. The van der Waals surface area contributed by atoms with Crippen molar-refractivity contribution in [1.82, 2.24) is 0 Å². The maximum absolute atomic E-state index is 4.98. The van der Waals surface area contributed by atoms with Gasteiger partial charge >= 0.3 is 7.69 Å². The highest BCUT2D eigenvalue weighted by atomic mass is 32.1. The molecule has 0 fully saturated rings. The predicted octanol–water partition coefficient (Wildman–Crippen LogP) is 1.82. The van der Waals surface area contributed by atoms with Crippen LogP contribution in [0.5, 0.6) is 5.75 Å². The van der Waals surface area contributed by atoms with Gasteiger partial charge in [0.1, 0.15) is 5.75 Å². The number of hydrogen-bond donors (Lipinski definition) is 0. The van der Waals surface area contributed by atoms with Crippen molar-refractivity contribution in [2.45, 2.75) is 0 Å². The van der Waals surface area contributed by atoms with Gasteiger partial charge in [-0.3, -0.25) is 0 Å². The van der Waals surface area contributed by atoms with Crippen LogP contribution >= 0.6 is 11.3 Å². The smallest absolute Gasteiger partial charge is 0.533 e. The summed E-state index contributed by atoms with van der Waals surface area (Å²) in [4.78, 5) is 0. The van der Waals surface area contributed by atoms with Crippen LogP contribution in [0.1, 0.15) is 0 Å². The lowest BCUT2D eigenvalue weighted by Gasteiger charge is -1.97. The quantitative estimate of drug-likeness (QED) is 0.373. The van der Waals surface area contributed by atoms with E-state index in [1.807, 2.05) is 16.8 Å². The third-order valence-electron chi connectivity index (χ3n) is 0.831. The van der Waals surface area contributed by atoms with Gasteiger partial charge < -0.3 is 9.31 Å². The monoisotopic (exact) mass is 153 g/mol. The molecule has 1 aromatic heterocycles. The van der Waals surface area contributed by atoms with Gasteiger partial charge in [-0.15, -0.1) is 11.3 Å². The van der Waals surface area contributed by atoms with Crippen molar-refractivity contribution in [2.75, 3.05) is 0 Å². The Morgan fingerprint density at radius 1 is 1.70 bits per heavy atom. The van der Waals surface area contributed by atoms with Crippen LogP contribution in [0.4, 0.5) is 0 Å². The van der Waals surface area contributed by atoms with E-state index >= 15 is 0 Å². The minimum Gasteiger partial charge on any atom is -0.533 e. The number of rotatable bonds is 4. The fourth-order valence-corrected chi connectivity index (χ4v) is 1.00. The third-order valence-corrected chi connectivity index (χ3v) is 1.49. The Bertz CT molecular complexity index is 186. The summed E-state index contributed by atoms with van der Waals surface area (Å²) in [5.74, 6) is 0.784. The van der Waals surface area contributed by atoms with Crippen LogP contribution in [0, 0.1) is 0 Å². The lowest BCUT2D eigenvalue weighted by molar-refractivity contribution is 0.414. The maximum atomic E-state index is 4.98. The van der Waals surface area contributed by atoms with Crippen LogP contribution in [0.25, 0.3) is 0 Å². The molecule has 1 rings (SSSR count). The molecule has 0 saturated carbocycles. The summed E-state index contributed by atoms with van der Waals surface area (Å²) in [6.07, 6.45) is 1.30. The van der Waals surface area contributed by atoms with Crippen molar-refractivity contribution in [3.05, 3.63) is 29.7 Å². The van der Waals surface area contributed by atoms with Crippen molar-refractivity contribution in [3.63, 3.8) is 0 Å². The van der Waals surface area contributed by atoms with E-state index in [1.165, 1.54) is 13.9 Å². The minimum atomic E-state index is 0.784. The first-order chi connectivity index (χ1) is 4.93. The van der Waals surface area contributed by atoms with Crippen molar-refractivity contribution < 1.29 is 9.31 Å². The van der Waals surface area contributed by atoms with E-state index < -0.39 is 0 Å². The second kappa shape index (κ2) is 4.01. The Balaban J connectivity index is 2.21. The van der Waals surface area contributed by atoms with E-state index in [2.05, 4.69) is 11.2 Å². The molecule has 2 nitrogen and oxygen atoms in total. The molecule has 0 amide bonds. The van der Waals surface area contributed by atoms with Crippen molar-refractivity contribution >= 4 is 19.0 Å². The van der Waals surface area contributed by atoms with E-state index in [0.717, 1.165) is 5.75 Å². The average Bonchev–Trinajstić information content (AvgIpc) is 2.41. The summed E-state index contributed by atoms with van der Waals surface area (Å²) >= 11 is 1.57. The summed E-state index contributed by atoms with van der Waals surface area (Å²) in [7, 11) is 1.23. The zero-order chi connectivity index (χ0) is 7.23. The zero-order valence-corrected chi connectivity index (χ0v) is 6.14. The largest absolute Gasteiger partial charge is 0.657 e. The van der Waals surface area contributed by atoms with Crippen LogP contribution in [-0.4, -0.2) is 7.69 Å². The standard InChI is InChI=1S/C6H6BO2S/c1-2-8-7-9-6-3-4-10-5-6/h2-5H,1H2. The van der Waals surface area contributed by atoms with Gasteiger partial charge in [0.05, 0.1) is 6.26 Å². The van der Waals surface area contributed by atoms with Gasteiger partial charge in [0.2, 0.25) is 0 Å². The molecule has 0 bridgehead atoms. The molecular weight excluding hydrogens is 147 g/mol. The Morgan fingerprint density at radius 2 is 2.60 bits per heavy atom. The van der Waals surface area contributed by atoms with Gasteiger partial charge in [-0.2, -0.15) is 0 Å². The van der Waals surface area contributed by atoms with Gasteiger partial charge in [0.15, 0.2) is 0 Å². The minimum absolute atomic E-state index is 0.784. The maximum Gasteiger partial charge on any atom is 0.657 e. The van der Waals surface area contributed by atoms with Crippen LogP contribution in [0.15, 0.2) is 29.7 Å². The molecule has 0 aliphatic carbocycles. The summed E-state index contributed by atoms with van der Waals surface area (Å²) in [6.45, 7) is 3.35.